The Morgan fingerprint density at radius 1 is 1.21 bits per heavy atom. The fourth-order valence-electron chi connectivity index (χ4n) is 1.12. The molecule has 0 aliphatic rings. The topological polar surface area (TPSA) is 47.0 Å². The van der Waals surface area contributed by atoms with E-state index in [9.17, 15) is 4.79 Å². The van der Waals surface area contributed by atoms with Crippen LogP contribution in [0.15, 0.2) is 47.4 Å². The summed E-state index contributed by atoms with van der Waals surface area (Å²) in [7, 11) is 0. The van der Waals surface area contributed by atoms with Gasteiger partial charge in [-0.2, -0.15) is 0 Å². The first kappa shape index (κ1) is 8.62. The van der Waals surface area contributed by atoms with Gasteiger partial charge >= 0.3 is 5.56 Å². The molecule has 0 fully saturated rings. The second-order valence-corrected chi connectivity index (χ2v) is 2.85. The first-order chi connectivity index (χ1) is 6.86. The summed E-state index contributed by atoms with van der Waals surface area (Å²) in [5.41, 5.74) is 0.829. The number of benzene rings is 1. The van der Waals surface area contributed by atoms with Gasteiger partial charge in [-0.05, 0) is 5.56 Å². The fourth-order valence-corrected chi connectivity index (χ4v) is 1.12. The Kier molecular flexibility index (Phi) is 2.36. The van der Waals surface area contributed by atoms with Crippen molar-refractivity contribution in [2.75, 3.05) is 0 Å². The van der Waals surface area contributed by atoms with Crippen LogP contribution in [-0.2, 0) is 6.61 Å². The molecule has 72 valence electrons. The molecular weight excluding hydrogens is 180 g/mol. The molecule has 0 atom stereocenters. The Hall–Kier alpha value is -1.97. The first-order valence-corrected chi connectivity index (χ1v) is 4.30. The molecule has 0 radical (unpaired) electrons. The second-order valence-electron chi connectivity index (χ2n) is 2.85. The van der Waals surface area contributed by atoms with Crippen LogP contribution in [-0.4, -0.2) is 9.94 Å². The molecule has 0 aliphatic carbocycles. The number of nitrogens with zero attached hydrogens (tertiary/aromatic N) is 1. The summed E-state index contributed by atoms with van der Waals surface area (Å²) in [4.78, 5) is 17.4. The van der Waals surface area contributed by atoms with E-state index in [1.807, 2.05) is 30.3 Å². The molecule has 4 heteroatoms. The molecule has 0 bridgehead atoms. The van der Waals surface area contributed by atoms with Gasteiger partial charge in [0.05, 0.1) is 0 Å². The lowest BCUT2D eigenvalue weighted by molar-refractivity contribution is 0.0634. The number of nitrogens with one attached hydrogen (secondary N) is 1. The van der Waals surface area contributed by atoms with Crippen molar-refractivity contribution in [2.24, 2.45) is 0 Å². The molecule has 2 aromatic rings. The predicted molar refractivity (Wildman–Crippen MR) is 51.8 cm³/mol. The van der Waals surface area contributed by atoms with E-state index in [1.165, 1.54) is 12.3 Å². The van der Waals surface area contributed by atoms with Gasteiger partial charge in [-0.25, -0.2) is 0 Å². The van der Waals surface area contributed by atoms with E-state index in [4.69, 9.17) is 4.84 Å². The van der Waals surface area contributed by atoms with Crippen molar-refractivity contribution >= 4 is 0 Å². The zero-order valence-electron chi connectivity index (χ0n) is 7.51. The average Bonchev–Trinajstić information content (AvgIpc) is 2.63. The van der Waals surface area contributed by atoms with E-state index >= 15 is 0 Å². The Labute approximate surface area is 80.7 Å². The minimum absolute atomic E-state index is 0.194. The molecule has 0 spiro atoms. The standard InChI is InChI=1S/C10H10N2O2/c13-10-6-7-11-12(10)14-8-9-4-2-1-3-5-9/h1-7,11H,8H2. The van der Waals surface area contributed by atoms with Gasteiger partial charge in [0.15, 0.2) is 0 Å². The summed E-state index contributed by atoms with van der Waals surface area (Å²) < 4.78 is 0. The van der Waals surface area contributed by atoms with Crippen LogP contribution in [0.25, 0.3) is 0 Å². The van der Waals surface area contributed by atoms with Crippen LogP contribution in [0.2, 0.25) is 0 Å². The Morgan fingerprint density at radius 2 is 2.00 bits per heavy atom. The lowest BCUT2D eigenvalue weighted by Gasteiger charge is -2.03. The van der Waals surface area contributed by atoms with E-state index in [-0.39, 0.29) is 5.56 Å². The highest BCUT2D eigenvalue weighted by molar-refractivity contribution is 5.13. The molecule has 1 aromatic carbocycles. The van der Waals surface area contributed by atoms with Crippen LogP contribution in [0.3, 0.4) is 0 Å². The van der Waals surface area contributed by atoms with E-state index < -0.39 is 0 Å². The quantitative estimate of drug-likeness (QED) is 0.778. The zero-order valence-corrected chi connectivity index (χ0v) is 7.51. The molecule has 0 amide bonds. The van der Waals surface area contributed by atoms with Crippen LogP contribution in [0.4, 0.5) is 0 Å². The van der Waals surface area contributed by atoms with Gasteiger partial charge in [-0.1, -0.05) is 35.2 Å². The number of H-pyrrole nitrogens is 1. The van der Waals surface area contributed by atoms with Crippen LogP contribution < -0.4 is 10.4 Å². The van der Waals surface area contributed by atoms with E-state index in [0.717, 1.165) is 10.4 Å². The third-order valence-electron chi connectivity index (χ3n) is 1.82. The van der Waals surface area contributed by atoms with Crippen molar-refractivity contribution in [1.82, 2.24) is 9.94 Å². The molecule has 0 saturated heterocycles. The van der Waals surface area contributed by atoms with E-state index in [2.05, 4.69) is 5.10 Å². The van der Waals surface area contributed by atoms with Crippen LogP contribution >= 0.6 is 0 Å². The van der Waals surface area contributed by atoms with Crippen molar-refractivity contribution in [3.8, 4) is 0 Å². The summed E-state index contributed by atoms with van der Waals surface area (Å²) in [6.07, 6.45) is 1.54. The predicted octanol–water partition coefficient (Wildman–Crippen LogP) is 0.805. The van der Waals surface area contributed by atoms with Gasteiger partial charge in [0.2, 0.25) is 0 Å². The third-order valence-corrected chi connectivity index (χ3v) is 1.82. The van der Waals surface area contributed by atoms with E-state index in [1.54, 1.807) is 0 Å². The fraction of sp³-hybridized carbons (Fsp3) is 0.100. The van der Waals surface area contributed by atoms with Crippen molar-refractivity contribution < 1.29 is 4.84 Å². The van der Waals surface area contributed by atoms with Gasteiger partial charge in [0, 0.05) is 12.3 Å². The summed E-state index contributed by atoms with van der Waals surface area (Å²) in [5, 5.41) is 2.66. The number of rotatable bonds is 3. The molecule has 1 heterocycles. The van der Waals surface area contributed by atoms with Crippen molar-refractivity contribution in [1.29, 1.82) is 0 Å². The zero-order chi connectivity index (χ0) is 9.80. The van der Waals surface area contributed by atoms with Gasteiger partial charge in [-0.3, -0.25) is 9.89 Å². The summed E-state index contributed by atoms with van der Waals surface area (Å²) in [6.45, 7) is 0.376. The number of hydrogen-bond acceptors (Lipinski definition) is 2. The Balaban J connectivity index is 2.02. The molecular formula is C10H10N2O2. The molecule has 0 aliphatic heterocycles. The van der Waals surface area contributed by atoms with Gasteiger partial charge in [0.25, 0.3) is 0 Å². The van der Waals surface area contributed by atoms with Gasteiger partial charge in [-0.15, -0.1) is 0 Å². The van der Waals surface area contributed by atoms with Crippen LogP contribution in [0, 0.1) is 0 Å². The Morgan fingerprint density at radius 3 is 2.64 bits per heavy atom. The van der Waals surface area contributed by atoms with Crippen molar-refractivity contribution in [3.63, 3.8) is 0 Å². The highest BCUT2D eigenvalue weighted by atomic mass is 16.7. The molecule has 14 heavy (non-hydrogen) atoms. The number of aromatic amines is 1. The maximum Gasteiger partial charge on any atom is 0.302 e. The lowest BCUT2D eigenvalue weighted by Crippen LogP contribution is -2.23. The third kappa shape index (κ3) is 1.85. The van der Waals surface area contributed by atoms with E-state index in [0.29, 0.717) is 6.61 Å². The molecule has 0 unspecified atom stereocenters. The largest absolute Gasteiger partial charge is 0.390 e. The molecule has 1 aromatic heterocycles. The van der Waals surface area contributed by atoms with Crippen LogP contribution in [0.5, 0.6) is 0 Å². The minimum atomic E-state index is -0.194. The smallest absolute Gasteiger partial charge is 0.302 e. The Bertz CT molecular complexity index is 444. The minimum Gasteiger partial charge on any atom is -0.390 e. The summed E-state index contributed by atoms with van der Waals surface area (Å²) in [5.74, 6) is 0. The van der Waals surface area contributed by atoms with Crippen molar-refractivity contribution in [2.45, 2.75) is 6.61 Å². The molecule has 4 nitrogen and oxygen atoms in total. The van der Waals surface area contributed by atoms with Gasteiger partial charge in [0.1, 0.15) is 6.61 Å². The normalized spacial score (nSPS) is 10.0. The van der Waals surface area contributed by atoms with Gasteiger partial charge < -0.3 is 4.84 Å². The summed E-state index contributed by atoms with van der Waals surface area (Å²) in [6, 6.07) is 11.1. The number of aromatic nitrogens is 2. The lowest BCUT2D eigenvalue weighted by atomic mass is 10.2. The number of hydrogen-bond donors (Lipinski definition) is 1. The van der Waals surface area contributed by atoms with Crippen LogP contribution in [0.1, 0.15) is 5.56 Å². The van der Waals surface area contributed by atoms with Crippen molar-refractivity contribution in [3.05, 3.63) is 58.5 Å². The maximum absolute atomic E-state index is 11.0. The molecule has 1 N–H and O–H groups in total. The highest BCUT2D eigenvalue weighted by Gasteiger charge is 1.96. The highest BCUT2D eigenvalue weighted by Crippen LogP contribution is 1.97. The molecule has 0 saturated carbocycles. The SMILES string of the molecule is O=c1cc[nH]n1OCc1ccccc1. The maximum atomic E-state index is 11.0. The monoisotopic (exact) mass is 190 g/mol. The average molecular weight is 190 g/mol. The first-order valence-electron chi connectivity index (χ1n) is 4.30. The molecule has 2 rings (SSSR count). The second kappa shape index (κ2) is 3.83. The summed E-state index contributed by atoms with van der Waals surface area (Å²) >= 11 is 0.